The van der Waals surface area contributed by atoms with Gasteiger partial charge in [0.15, 0.2) is 0 Å². The van der Waals surface area contributed by atoms with Crippen LogP contribution in [0.2, 0.25) is 0 Å². The number of aromatic nitrogens is 3. The SMILES string of the molecule is CCCC1(CCC)C(=O)N(CC)c2cc3c4c(n(C)c3cc21)-c1n[nH]cc1CCC4. The maximum absolute atomic E-state index is 13.7. The highest BCUT2D eigenvalue weighted by molar-refractivity contribution is 6.11. The van der Waals surface area contributed by atoms with Crippen molar-refractivity contribution in [1.82, 2.24) is 14.8 Å². The molecular weight excluding hydrogens is 372 g/mol. The molecule has 1 amide bonds. The number of nitrogens with one attached hydrogen (secondary N) is 1. The second-order valence-corrected chi connectivity index (χ2v) is 9.02. The van der Waals surface area contributed by atoms with Gasteiger partial charge >= 0.3 is 0 Å². The molecule has 1 N–H and O–H groups in total. The standard InChI is InChI=1S/C25H32N4O/c1-5-11-25(12-6-2)19-14-20-18(13-21(19)29(7-3)24(25)30)17-10-8-9-16-15-26-27-22(16)23(17)28(20)4/h13-15H,5-12H2,1-4H3,(H,26,27). The van der Waals surface area contributed by atoms with Crippen molar-refractivity contribution in [2.24, 2.45) is 7.05 Å². The molecule has 0 fully saturated rings. The van der Waals surface area contributed by atoms with Gasteiger partial charge in [-0.05, 0) is 67.9 Å². The number of hydrogen-bond donors (Lipinski definition) is 1. The smallest absolute Gasteiger partial charge is 0.237 e. The minimum atomic E-state index is -0.373. The van der Waals surface area contributed by atoms with Gasteiger partial charge in [0.2, 0.25) is 5.91 Å². The summed E-state index contributed by atoms with van der Waals surface area (Å²) in [5.74, 6) is 0.305. The second-order valence-electron chi connectivity index (χ2n) is 9.02. The molecule has 3 heterocycles. The molecule has 0 radical (unpaired) electrons. The van der Waals surface area contributed by atoms with E-state index in [-0.39, 0.29) is 5.41 Å². The highest BCUT2D eigenvalue weighted by Gasteiger charge is 2.49. The van der Waals surface area contributed by atoms with Gasteiger partial charge < -0.3 is 9.47 Å². The van der Waals surface area contributed by atoms with E-state index in [1.807, 2.05) is 11.1 Å². The molecule has 0 saturated heterocycles. The van der Waals surface area contributed by atoms with Gasteiger partial charge in [-0.2, -0.15) is 5.10 Å². The third-order valence-corrected chi connectivity index (χ3v) is 7.37. The molecule has 30 heavy (non-hydrogen) atoms. The van der Waals surface area contributed by atoms with Crippen LogP contribution in [0.4, 0.5) is 5.69 Å². The predicted molar refractivity (Wildman–Crippen MR) is 122 cm³/mol. The zero-order valence-corrected chi connectivity index (χ0v) is 18.6. The van der Waals surface area contributed by atoms with E-state index in [0.717, 1.165) is 62.9 Å². The first-order valence-electron chi connectivity index (χ1n) is 11.6. The first-order chi connectivity index (χ1) is 14.6. The van der Waals surface area contributed by atoms with Crippen molar-refractivity contribution in [1.29, 1.82) is 0 Å². The molecule has 0 unspecified atom stereocenters. The van der Waals surface area contributed by atoms with E-state index < -0.39 is 0 Å². The zero-order valence-electron chi connectivity index (χ0n) is 18.6. The van der Waals surface area contributed by atoms with Gasteiger partial charge in [0, 0.05) is 36.4 Å². The Kier molecular flexibility index (Phi) is 4.53. The zero-order chi connectivity index (χ0) is 21.0. The van der Waals surface area contributed by atoms with Crippen LogP contribution in [-0.2, 0) is 30.1 Å². The number of carbonyl (C=O) groups excluding carboxylic acids is 1. The van der Waals surface area contributed by atoms with Gasteiger partial charge in [-0.3, -0.25) is 9.89 Å². The third-order valence-electron chi connectivity index (χ3n) is 7.37. The number of likely N-dealkylation sites (N-methyl/N-ethyl adjacent to an activating group) is 1. The molecule has 1 aliphatic heterocycles. The largest absolute Gasteiger partial charge is 0.342 e. The summed E-state index contributed by atoms with van der Waals surface area (Å²) < 4.78 is 2.32. The van der Waals surface area contributed by atoms with Crippen molar-refractivity contribution >= 4 is 22.5 Å². The quantitative estimate of drug-likeness (QED) is 0.630. The van der Waals surface area contributed by atoms with Crippen molar-refractivity contribution < 1.29 is 4.79 Å². The highest BCUT2D eigenvalue weighted by Crippen LogP contribution is 2.50. The molecule has 0 atom stereocenters. The lowest BCUT2D eigenvalue weighted by Crippen LogP contribution is -2.40. The Morgan fingerprint density at radius 3 is 2.60 bits per heavy atom. The number of nitrogens with zero attached hydrogens (tertiary/aromatic N) is 3. The molecule has 2 aliphatic rings. The van der Waals surface area contributed by atoms with Crippen LogP contribution >= 0.6 is 0 Å². The number of anilines is 1. The minimum Gasteiger partial charge on any atom is -0.342 e. The van der Waals surface area contributed by atoms with Crippen molar-refractivity contribution in [3.8, 4) is 11.4 Å². The van der Waals surface area contributed by atoms with Crippen molar-refractivity contribution in [2.45, 2.75) is 71.1 Å². The summed E-state index contributed by atoms with van der Waals surface area (Å²) in [6, 6.07) is 4.65. The molecule has 158 valence electrons. The van der Waals surface area contributed by atoms with Gasteiger partial charge in [-0.25, -0.2) is 0 Å². The van der Waals surface area contributed by atoms with Crippen LogP contribution in [0.3, 0.4) is 0 Å². The lowest BCUT2D eigenvalue weighted by Gasteiger charge is -2.28. The molecule has 2 aromatic heterocycles. The van der Waals surface area contributed by atoms with Crippen LogP contribution < -0.4 is 4.90 Å². The van der Waals surface area contributed by atoms with Gasteiger partial charge in [0.25, 0.3) is 0 Å². The number of aromatic amines is 1. The molecule has 1 aromatic carbocycles. The van der Waals surface area contributed by atoms with Crippen LogP contribution in [0.25, 0.3) is 22.3 Å². The first-order valence-corrected chi connectivity index (χ1v) is 11.6. The van der Waals surface area contributed by atoms with E-state index in [9.17, 15) is 4.79 Å². The monoisotopic (exact) mass is 404 g/mol. The molecule has 3 aromatic rings. The maximum atomic E-state index is 13.7. The summed E-state index contributed by atoms with van der Waals surface area (Å²) in [4.78, 5) is 15.7. The van der Waals surface area contributed by atoms with Gasteiger partial charge in [0.1, 0.15) is 5.69 Å². The fourth-order valence-corrected chi connectivity index (χ4v) is 6.13. The van der Waals surface area contributed by atoms with E-state index in [1.165, 1.54) is 33.3 Å². The maximum Gasteiger partial charge on any atom is 0.237 e. The molecule has 1 aliphatic carbocycles. The van der Waals surface area contributed by atoms with E-state index in [2.05, 4.69) is 54.7 Å². The molecule has 0 saturated carbocycles. The molecule has 5 heteroatoms. The summed E-state index contributed by atoms with van der Waals surface area (Å²) >= 11 is 0. The average Bonchev–Trinajstić information content (AvgIpc) is 3.31. The molecule has 5 rings (SSSR count). The molecule has 0 spiro atoms. The number of H-pyrrole nitrogens is 1. The Hall–Kier alpha value is -2.56. The highest BCUT2D eigenvalue weighted by atomic mass is 16.2. The molecule has 0 bridgehead atoms. The lowest BCUT2D eigenvalue weighted by atomic mass is 9.74. The van der Waals surface area contributed by atoms with E-state index >= 15 is 0 Å². The van der Waals surface area contributed by atoms with E-state index in [4.69, 9.17) is 0 Å². The van der Waals surface area contributed by atoms with Gasteiger partial charge in [-0.1, -0.05) is 26.7 Å². The number of rotatable bonds is 5. The van der Waals surface area contributed by atoms with E-state index in [0.29, 0.717) is 5.91 Å². The fraction of sp³-hybridized carbons (Fsp3) is 0.520. The summed E-state index contributed by atoms with van der Waals surface area (Å²) in [6.45, 7) is 7.22. The summed E-state index contributed by atoms with van der Waals surface area (Å²) in [6.07, 6.45) is 9.15. The molecule has 5 nitrogen and oxygen atoms in total. The number of fused-ring (bicyclic) bond motifs is 6. The van der Waals surface area contributed by atoms with Crippen molar-refractivity contribution in [2.75, 3.05) is 11.4 Å². The number of benzene rings is 1. The van der Waals surface area contributed by atoms with Crippen LogP contribution in [-0.4, -0.2) is 27.2 Å². The normalized spacial score (nSPS) is 17.2. The van der Waals surface area contributed by atoms with Gasteiger partial charge in [-0.15, -0.1) is 0 Å². The van der Waals surface area contributed by atoms with Crippen LogP contribution in [0.5, 0.6) is 0 Å². The number of carbonyl (C=O) groups is 1. The lowest BCUT2D eigenvalue weighted by molar-refractivity contribution is -0.123. The number of amides is 1. The van der Waals surface area contributed by atoms with Crippen molar-refractivity contribution in [3.63, 3.8) is 0 Å². The summed E-state index contributed by atoms with van der Waals surface area (Å²) in [5.41, 5.74) is 8.27. The molecular formula is C25H32N4O. The summed E-state index contributed by atoms with van der Waals surface area (Å²) in [7, 11) is 2.16. The fourth-order valence-electron chi connectivity index (χ4n) is 6.13. The Morgan fingerprint density at radius 2 is 1.90 bits per heavy atom. The van der Waals surface area contributed by atoms with Crippen LogP contribution in [0.15, 0.2) is 18.3 Å². The predicted octanol–water partition coefficient (Wildman–Crippen LogP) is 5.26. The van der Waals surface area contributed by atoms with E-state index in [1.54, 1.807) is 0 Å². The first kappa shape index (κ1) is 19.4. The Bertz CT molecular complexity index is 1130. The average molecular weight is 405 g/mol. The van der Waals surface area contributed by atoms with Gasteiger partial charge in [0.05, 0.1) is 11.1 Å². The number of hydrogen-bond acceptors (Lipinski definition) is 2. The van der Waals surface area contributed by atoms with Crippen LogP contribution in [0.1, 0.15) is 69.6 Å². The minimum absolute atomic E-state index is 0.305. The second kappa shape index (κ2) is 7.00. The topological polar surface area (TPSA) is 53.9 Å². The third kappa shape index (κ3) is 2.41. The Balaban J connectivity index is 1.82. The Morgan fingerprint density at radius 1 is 1.13 bits per heavy atom. The van der Waals surface area contributed by atoms with Crippen LogP contribution in [0, 0.1) is 0 Å². The summed E-state index contributed by atoms with van der Waals surface area (Å²) in [5, 5.41) is 8.98. The number of aryl methyl sites for hydroxylation is 3. The Labute approximate surface area is 178 Å². The van der Waals surface area contributed by atoms with Crippen molar-refractivity contribution in [3.05, 3.63) is 35.0 Å².